The Hall–Kier alpha value is -1.52. The summed E-state index contributed by atoms with van der Waals surface area (Å²) in [6.07, 6.45) is -5.52. The Kier molecular flexibility index (Phi) is 3.39. The molecular weight excluding hydrogens is 279 g/mol. The average Bonchev–Trinajstić information content (AvgIpc) is 2.48. The van der Waals surface area contributed by atoms with Crippen molar-refractivity contribution in [1.29, 1.82) is 0 Å². The molecule has 1 amide bonds. The number of likely N-dealkylation sites (N-methyl/N-ethyl adjacent to an activating group) is 1. The zero-order valence-electron chi connectivity index (χ0n) is 12.9. The third-order valence-electron chi connectivity index (χ3n) is 4.15. The van der Waals surface area contributed by atoms with Gasteiger partial charge in [-0.15, -0.1) is 0 Å². The van der Waals surface area contributed by atoms with Crippen molar-refractivity contribution in [3.8, 4) is 0 Å². The first kappa shape index (κ1) is 15.9. The van der Waals surface area contributed by atoms with Crippen molar-refractivity contribution in [1.82, 2.24) is 0 Å². The van der Waals surface area contributed by atoms with Crippen molar-refractivity contribution in [2.24, 2.45) is 0 Å². The molecule has 0 spiro atoms. The van der Waals surface area contributed by atoms with Gasteiger partial charge >= 0.3 is 6.18 Å². The van der Waals surface area contributed by atoms with Gasteiger partial charge in [0.15, 0.2) is 0 Å². The second-order valence-corrected chi connectivity index (χ2v) is 6.97. The fourth-order valence-electron chi connectivity index (χ4n) is 2.90. The minimum atomic E-state index is -4.38. The molecule has 116 valence electrons. The minimum Gasteiger partial charge on any atom is -0.314 e. The Morgan fingerprint density at radius 2 is 1.76 bits per heavy atom. The number of alkyl halides is 3. The number of fused-ring (bicyclic) bond motifs is 1. The van der Waals surface area contributed by atoms with Gasteiger partial charge < -0.3 is 4.90 Å². The summed E-state index contributed by atoms with van der Waals surface area (Å²) in [5, 5.41) is 0. The predicted molar refractivity (Wildman–Crippen MR) is 76.6 cm³/mol. The third kappa shape index (κ3) is 2.65. The molecule has 0 bridgehead atoms. The Labute approximate surface area is 122 Å². The summed E-state index contributed by atoms with van der Waals surface area (Å²) in [6, 6.07) is 5.37. The Balaban J connectivity index is 2.60. The van der Waals surface area contributed by atoms with Crippen LogP contribution in [-0.2, 0) is 15.6 Å². The maximum Gasteiger partial charge on any atom is 0.390 e. The maximum absolute atomic E-state index is 12.9. The third-order valence-corrected chi connectivity index (χ3v) is 4.15. The zero-order chi connectivity index (χ0) is 16.2. The van der Waals surface area contributed by atoms with Crippen LogP contribution in [0.5, 0.6) is 0 Å². The topological polar surface area (TPSA) is 20.3 Å². The van der Waals surface area contributed by atoms with Gasteiger partial charge in [0.05, 0.1) is 11.8 Å². The van der Waals surface area contributed by atoms with E-state index in [0.717, 1.165) is 5.56 Å². The van der Waals surface area contributed by atoms with Crippen molar-refractivity contribution in [3.63, 3.8) is 0 Å². The number of nitrogens with zero attached hydrogens (tertiary/aromatic N) is 1. The van der Waals surface area contributed by atoms with E-state index in [2.05, 4.69) is 0 Å². The number of hydrogen-bond acceptors (Lipinski definition) is 1. The second-order valence-electron chi connectivity index (χ2n) is 6.97. The lowest BCUT2D eigenvalue weighted by atomic mass is 9.77. The van der Waals surface area contributed by atoms with Crippen LogP contribution in [0, 0.1) is 0 Å². The van der Waals surface area contributed by atoms with Gasteiger partial charge in [0.2, 0.25) is 5.91 Å². The van der Waals surface area contributed by atoms with Crippen LogP contribution in [0.25, 0.3) is 0 Å². The van der Waals surface area contributed by atoms with Crippen LogP contribution in [0.4, 0.5) is 18.9 Å². The van der Waals surface area contributed by atoms with Crippen LogP contribution in [0.3, 0.4) is 0 Å². The summed E-state index contributed by atoms with van der Waals surface area (Å²) in [4.78, 5) is 13.7. The Morgan fingerprint density at radius 3 is 2.24 bits per heavy atom. The first-order valence-electron chi connectivity index (χ1n) is 6.86. The lowest BCUT2D eigenvalue weighted by Gasteiger charge is -2.26. The Bertz CT molecular complexity index is 586. The SMILES string of the molecule is CN1C(=O)C(C)(CC(F)(F)F)c2cc(C(C)(C)C)ccc21. The molecule has 0 aromatic heterocycles. The molecule has 1 aromatic carbocycles. The number of anilines is 1. The lowest BCUT2D eigenvalue weighted by molar-refractivity contribution is -0.154. The van der Waals surface area contributed by atoms with Crippen LogP contribution < -0.4 is 4.90 Å². The number of benzene rings is 1. The highest BCUT2D eigenvalue weighted by atomic mass is 19.4. The highest BCUT2D eigenvalue weighted by Crippen LogP contribution is 2.47. The molecule has 1 aliphatic heterocycles. The van der Waals surface area contributed by atoms with E-state index in [-0.39, 0.29) is 5.41 Å². The summed E-state index contributed by atoms with van der Waals surface area (Å²) >= 11 is 0. The quantitative estimate of drug-likeness (QED) is 0.762. The fourth-order valence-corrected chi connectivity index (χ4v) is 2.90. The number of amides is 1. The highest BCUT2D eigenvalue weighted by molar-refractivity contribution is 6.07. The van der Waals surface area contributed by atoms with E-state index in [9.17, 15) is 18.0 Å². The number of halogens is 3. The minimum absolute atomic E-state index is 0.182. The molecule has 1 heterocycles. The molecule has 21 heavy (non-hydrogen) atoms. The van der Waals surface area contributed by atoms with Gasteiger partial charge in [0.25, 0.3) is 0 Å². The largest absolute Gasteiger partial charge is 0.390 e. The molecule has 1 atom stereocenters. The van der Waals surface area contributed by atoms with Crippen molar-refractivity contribution < 1.29 is 18.0 Å². The van der Waals surface area contributed by atoms with Crippen molar-refractivity contribution >= 4 is 11.6 Å². The molecule has 0 N–H and O–H groups in total. The molecule has 1 unspecified atom stereocenters. The molecular formula is C16H20F3NO. The first-order valence-corrected chi connectivity index (χ1v) is 6.86. The summed E-state index contributed by atoms with van der Waals surface area (Å²) in [6.45, 7) is 7.38. The van der Waals surface area contributed by atoms with Crippen molar-refractivity contribution in [2.75, 3.05) is 11.9 Å². The Morgan fingerprint density at radius 1 is 1.19 bits per heavy atom. The summed E-state index contributed by atoms with van der Waals surface area (Å²) in [5.41, 5.74) is 0.249. The molecule has 0 fully saturated rings. The number of carbonyl (C=O) groups excluding carboxylic acids is 1. The molecule has 1 aromatic rings. The molecule has 0 saturated heterocycles. The van der Waals surface area contributed by atoms with Gasteiger partial charge in [-0.1, -0.05) is 32.9 Å². The van der Waals surface area contributed by atoms with Crippen LogP contribution in [0.2, 0.25) is 0 Å². The first-order chi connectivity index (χ1) is 9.36. The second kappa shape index (κ2) is 4.49. The number of carbonyl (C=O) groups is 1. The van der Waals surface area contributed by atoms with Crippen LogP contribution in [0.1, 0.15) is 45.2 Å². The molecule has 1 aliphatic rings. The summed E-state index contributed by atoms with van der Waals surface area (Å²) < 4.78 is 38.7. The van der Waals surface area contributed by atoms with E-state index in [1.165, 1.54) is 18.9 Å². The van der Waals surface area contributed by atoms with E-state index in [4.69, 9.17) is 0 Å². The van der Waals surface area contributed by atoms with E-state index in [0.29, 0.717) is 11.3 Å². The normalized spacial score (nSPS) is 22.7. The van der Waals surface area contributed by atoms with Gasteiger partial charge in [-0.05, 0) is 29.5 Å². The van der Waals surface area contributed by atoms with E-state index < -0.39 is 23.9 Å². The van der Waals surface area contributed by atoms with Gasteiger partial charge in [-0.25, -0.2) is 0 Å². The molecule has 0 radical (unpaired) electrons. The molecule has 5 heteroatoms. The fraction of sp³-hybridized carbons (Fsp3) is 0.562. The predicted octanol–water partition coefficient (Wildman–Crippen LogP) is 4.17. The maximum atomic E-state index is 12.9. The monoisotopic (exact) mass is 299 g/mol. The average molecular weight is 299 g/mol. The standard InChI is InChI=1S/C16H20F3NO/c1-14(2,3)10-6-7-12-11(8-10)15(4,9-16(17,18)19)13(21)20(12)5/h6-8H,9H2,1-5H3. The molecule has 0 aliphatic carbocycles. The van der Waals surface area contributed by atoms with Gasteiger partial charge in [-0.3, -0.25) is 4.79 Å². The van der Waals surface area contributed by atoms with Crippen LogP contribution >= 0.6 is 0 Å². The zero-order valence-corrected chi connectivity index (χ0v) is 12.9. The number of hydrogen-bond donors (Lipinski definition) is 0. The van der Waals surface area contributed by atoms with Crippen molar-refractivity contribution in [3.05, 3.63) is 29.3 Å². The molecule has 0 saturated carbocycles. The van der Waals surface area contributed by atoms with E-state index in [1.807, 2.05) is 26.8 Å². The lowest BCUT2D eigenvalue weighted by Crippen LogP contribution is -2.39. The van der Waals surface area contributed by atoms with Crippen molar-refractivity contribution in [2.45, 2.75) is 51.1 Å². The number of rotatable bonds is 1. The van der Waals surface area contributed by atoms with E-state index in [1.54, 1.807) is 12.1 Å². The smallest absolute Gasteiger partial charge is 0.314 e. The van der Waals surface area contributed by atoms with Gasteiger partial charge in [0.1, 0.15) is 0 Å². The molecule has 2 rings (SSSR count). The summed E-state index contributed by atoms with van der Waals surface area (Å²) in [5.74, 6) is -0.499. The van der Waals surface area contributed by atoms with E-state index >= 15 is 0 Å². The van der Waals surface area contributed by atoms with Gasteiger partial charge in [0, 0.05) is 12.7 Å². The van der Waals surface area contributed by atoms with Crippen LogP contribution in [0.15, 0.2) is 18.2 Å². The molecule has 2 nitrogen and oxygen atoms in total. The summed E-state index contributed by atoms with van der Waals surface area (Å²) in [7, 11) is 1.53. The highest BCUT2D eigenvalue weighted by Gasteiger charge is 2.52. The van der Waals surface area contributed by atoms with Gasteiger partial charge in [-0.2, -0.15) is 13.2 Å². The van der Waals surface area contributed by atoms with Crippen LogP contribution in [-0.4, -0.2) is 19.1 Å².